The molecular formula is C21H26N6O3. The lowest BCUT2D eigenvalue weighted by Gasteiger charge is -2.15. The lowest BCUT2D eigenvalue weighted by atomic mass is 9.93. The molecule has 3 rings (SSSR count). The van der Waals surface area contributed by atoms with Gasteiger partial charge in [0.25, 0.3) is 0 Å². The zero-order valence-corrected chi connectivity index (χ0v) is 17.6. The van der Waals surface area contributed by atoms with Crippen LogP contribution < -0.4 is 10.6 Å². The summed E-state index contributed by atoms with van der Waals surface area (Å²) >= 11 is 0. The van der Waals surface area contributed by atoms with Crippen LogP contribution in [0.2, 0.25) is 0 Å². The molecule has 9 nitrogen and oxygen atoms in total. The van der Waals surface area contributed by atoms with Gasteiger partial charge in [0.15, 0.2) is 11.5 Å². The number of urea groups is 1. The third kappa shape index (κ3) is 5.05. The number of carbonyl (C=O) groups is 2. The van der Waals surface area contributed by atoms with Crippen LogP contribution >= 0.6 is 0 Å². The average Bonchev–Trinajstić information content (AvgIpc) is 3.22. The Bertz CT molecular complexity index is 1070. The molecule has 0 bridgehead atoms. The van der Waals surface area contributed by atoms with Gasteiger partial charge in [-0.15, -0.1) is 10.2 Å². The molecule has 0 aliphatic rings. The van der Waals surface area contributed by atoms with Gasteiger partial charge in [-0.05, 0) is 31.2 Å². The first kappa shape index (κ1) is 21.1. The number of esters is 1. The third-order valence-electron chi connectivity index (χ3n) is 4.31. The summed E-state index contributed by atoms with van der Waals surface area (Å²) < 4.78 is 6.68. The van der Waals surface area contributed by atoms with E-state index in [-0.39, 0.29) is 18.4 Å². The number of ether oxygens (including phenoxy) is 1. The fraction of sp³-hybridized carbons (Fsp3) is 0.333. The smallest absolute Gasteiger partial charge is 0.319 e. The summed E-state index contributed by atoms with van der Waals surface area (Å²) in [6.07, 6.45) is 0.0643. The van der Waals surface area contributed by atoms with Gasteiger partial charge in [0.1, 0.15) is 0 Å². The van der Waals surface area contributed by atoms with Crippen LogP contribution in [0.3, 0.4) is 0 Å². The van der Waals surface area contributed by atoms with E-state index in [1.807, 2.05) is 22.7 Å². The molecule has 0 saturated heterocycles. The van der Waals surface area contributed by atoms with E-state index in [0.717, 1.165) is 16.9 Å². The Labute approximate surface area is 174 Å². The second kappa shape index (κ2) is 8.40. The number of carbonyl (C=O) groups excluding carboxylic acids is 2. The van der Waals surface area contributed by atoms with Crippen LogP contribution in [0.1, 0.15) is 39.8 Å². The van der Waals surface area contributed by atoms with Gasteiger partial charge >= 0.3 is 12.0 Å². The maximum Gasteiger partial charge on any atom is 0.319 e. The van der Waals surface area contributed by atoms with Crippen molar-refractivity contribution in [2.24, 2.45) is 0 Å². The number of allylic oxidation sites excluding steroid dienone is 1. The molecule has 0 unspecified atom stereocenters. The first-order valence-electron chi connectivity index (χ1n) is 9.59. The number of H-pyrrole nitrogens is 1. The number of hydrogen-bond acceptors (Lipinski definition) is 5. The molecule has 2 heterocycles. The molecule has 0 aliphatic heterocycles. The van der Waals surface area contributed by atoms with Crippen molar-refractivity contribution in [1.29, 1.82) is 0 Å². The molecule has 2 amide bonds. The zero-order chi connectivity index (χ0) is 21.9. The number of anilines is 1. The van der Waals surface area contributed by atoms with E-state index < -0.39 is 12.0 Å². The quantitative estimate of drug-likeness (QED) is 0.424. The highest BCUT2D eigenvalue weighted by atomic mass is 16.5. The standard InChI is InChI=1S/C21H26N6O3/c1-13(2)30-18(28)10-11-22-20(29)23-15-8-6-14(7-9-15)19-25-24-17-12-16(21(3,4)5)26-27(17)19/h6-9,12,26H,1,10-11H2,2-5H3,(H2,22,23,29). The summed E-state index contributed by atoms with van der Waals surface area (Å²) in [6, 6.07) is 8.85. The van der Waals surface area contributed by atoms with Crippen LogP contribution in [0.15, 0.2) is 42.7 Å². The van der Waals surface area contributed by atoms with Crippen LogP contribution in [0.4, 0.5) is 10.5 Å². The van der Waals surface area contributed by atoms with Gasteiger partial charge in [-0.2, -0.15) is 0 Å². The Morgan fingerprint density at radius 2 is 1.90 bits per heavy atom. The topological polar surface area (TPSA) is 113 Å². The summed E-state index contributed by atoms with van der Waals surface area (Å²) in [5.74, 6) is 0.571. The van der Waals surface area contributed by atoms with Crippen molar-refractivity contribution in [3.63, 3.8) is 0 Å². The minimum Gasteiger partial charge on any atom is -0.432 e. The van der Waals surface area contributed by atoms with Gasteiger partial charge in [0, 0.05) is 35.0 Å². The molecule has 30 heavy (non-hydrogen) atoms. The number of benzene rings is 1. The van der Waals surface area contributed by atoms with E-state index in [9.17, 15) is 9.59 Å². The predicted molar refractivity (Wildman–Crippen MR) is 114 cm³/mol. The fourth-order valence-electron chi connectivity index (χ4n) is 2.75. The molecule has 3 aromatic rings. The van der Waals surface area contributed by atoms with E-state index in [4.69, 9.17) is 4.74 Å². The largest absolute Gasteiger partial charge is 0.432 e. The van der Waals surface area contributed by atoms with Crippen LogP contribution in [0.5, 0.6) is 0 Å². The van der Waals surface area contributed by atoms with Gasteiger partial charge in [-0.25, -0.2) is 9.31 Å². The van der Waals surface area contributed by atoms with Gasteiger partial charge in [-0.3, -0.25) is 9.89 Å². The molecule has 9 heteroatoms. The number of aromatic nitrogens is 4. The fourth-order valence-corrected chi connectivity index (χ4v) is 2.75. The highest BCUT2D eigenvalue weighted by molar-refractivity contribution is 5.89. The van der Waals surface area contributed by atoms with Crippen molar-refractivity contribution < 1.29 is 14.3 Å². The maximum atomic E-state index is 12.0. The van der Waals surface area contributed by atoms with E-state index >= 15 is 0 Å². The van der Waals surface area contributed by atoms with Crippen molar-refractivity contribution in [3.8, 4) is 11.4 Å². The minimum absolute atomic E-state index is 0.0274. The third-order valence-corrected chi connectivity index (χ3v) is 4.31. The molecule has 0 aliphatic carbocycles. The molecule has 0 saturated carbocycles. The van der Waals surface area contributed by atoms with E-state index in [1.165, 1.54) is 0 Å². The van der Waals surface area contributed by atoms with Gasteiger partial charge < -0.3 is 15.4 Å². The summed E-state index contributed by atoms with van der Waals surface area (Å²) in [5, 5.41) is 17.1. The first-order valence-corrected chi connectivity index (χ1v) is 9.59. The number of nitrogens with one attached hydrogen (secondary N) is 3. The number of fused-ring (bicyclic) bond motifs is 1. The summed E-state index contributed by atoms with van der Waals surface area (Å²) in [5.41, 5.74) is 3.26. The van der Waals surface area contributed by atoms with Gasteiger partial charge in [0.2, 0.25) is 0 Å². The molecule has 1 aromatic carbocycles. The molecule has 0 atom stereocenters. The number of hydrogen-bond donors (Lipinski definition) is 3. The molecule has 0 spiro atoms. The van der Waals surface area contributed by atoms with Crippen molar-refractivity contribution in [1.82, 2.24) is 25.1 Å². The van der Waals surface area contributed by atoms with Crippen molar-refractivity contribution in [2.45, 2.75) is 39.5 Å². The predicted octanol–water partition coefficient (Wildman–Crippen LogP) is 3.61. The molecule has 3 N–H and O–H groups in total. The maximum absolute atomic E-state index is 12.0. The Morgan fingerprint density at radius 3 is 2.53 bits per heavy atom. The van der Waals surface area contributed by atoms with Crippen LogP contribution in [0, 0.1) is 0 Å². The van der Waals surface area contributed by atoms with Crippen molar-refractivity contribution >= 4 is 23.3 Å². The highest BCUT2D eigenvalue weighted by Gasteiger charge is 2.19. The van der Waals surface area contributed by atoms with Gasteiger partial charge in [0.05, 0.1) is 12.2 Å². The highest BCUT2D eigenvalue weighted by Crippen LogP contribution is 2.25. The number of nitrogens with zero attached hydrogens (tertiary/aromatic N) is 3. The molecule has 158 valence electrons. The second-order valence-electron chi connectivity index (χ2n) is 8.02. The van der Waals surface area contributed by atoms with E-state index in [2.05, 4.69) is 53.3 Å². The van der Waals surface area contributed by atoms with Gasteiger partial charge in [-0.1, -0.05) is 27.4 Å². The molecule has 0 fully saturated rings. The summed E-state index contributed by atoms with van der Waals surface area (Å²) in [4.78, 5) is 23.4. The number of amides is 2. The number of rotatable bonds is 6. The normalized spacial score (nSPS) is 11.3. The Hall–Kier alpha value is -3.62. The summed E-state index contributed by atoms with van der Waals surface area (Å²) in [7, 11) is 0. The van der Waals surface area contributed by atoms with Crippen LogP contribution in [0.25, 0.3) is 17.0 Å². The zero-order valence-electron chi connectivity index (χ0n) is 17.6. The number of aromatic amines is 1. The van der Waals surface area contributed by atoms with E-state index in [0.29, 0.717) is 17.3 Å². The van der Waals surface area contributed by atoms with Crippen LogP contribution in [-0.4, -0.2) is 38.4 Å². The Balaban J connectivity index is 1.61. The molecular weight excluding hydrogens is 384 g/mol. The molecule has 0 radical (unpaired) electrons. The second-order valence-corrected chi connectivity index (χ2v) is 8.02. The lowest BCUT2D eigenvalue weighted by Crippen LogP contribution is -2.30. The Morgan fingerprint density at radius 1 is 1.20 bits per heavy atom. The van der Waals surface area contributed by atoms with E-state index in [1.54, 1.807) is 19.1 Å². The van der Waals surface area contributed by atoms with Crippen molar-refractivity contribution in [3.05, 3.63) is 48.4 Å². The first-order chi connectivity index (χ1) is 14.1. The van der Waals surface area contributed by atoms with Crippen molar-refractivity contribution in [2.75, 3.05) is 11.9 Å². The summed E-state index contributed by atoms with van der Waals surface area (Å²) in [6.45, 7) is 11.6. The minimum atomic E-state index is -0.439. The average molecular weight is 410 g/mol. The monoisotopic (exact) mass is 410 g/mol. The van der Waals surface area contributed by atoms with Crippen LogP contribution in [-0.2, 0) is 14.9 Å². The SMILES string of the molecule is C=C(C)OC(=O)CCNC(=O)Nc1ccc(-c2nnc3cc(C(C)(C)C)[nH]n23)cc1. The Kier molecular flexibility index (Phi) is 5.91. The molecule has 2 aromatic heterocycles. The lowest BCUT2D eigenvalue weighted by molar-refractivity contribution is -0.139.